The van der Waals surface area contributed by atoms with E-state index in [1.54, 1.807) is 0 Å². The molecule has 1 atom stereocenters. The Hall–Kier alpha value is -1.34. The minimum Gasteiger partial charge on any atom is -0.320 e. The molecule has 3 nitrogen and oxygen atoms in total. The van der Waals surface area contributed by atoms with Gasteiger partial charge in [0.1, 0.15) is 0 Å². The first-order valence-electron chi connectivity index (χ1n) is 7.33. The second-order valence-corrected chi connectivity index (χ2v) is 5.78. The first-order chi connectivity index (χ1) is 9.69. The largest absolute Gasteiger partial charge is 0.320 e. The molecule has 1 aromatic carbocycles. The van der Waals surface area contributed by atoms with E-state index >= 15 is 0 Å². The Morgan fingerprint density at radius 1 is 1.40 bits per heavy atom. The third-order valence-corrected chi connectivity index (χ3v) is 3.84. The van der Waals surface area contributed by atoms with Crippen LogP contribution in [0, 0.1) is 17.8 Å². The van der Waals surface area contributed by atoms with Crippen molar-refractivity contribution in [2.24, 2.45) is 11.7 Å². The molecule has 0 spiro atoms. The molecule has 1 aromatic rings. The first-order valence-corrected chi connectivity index (χ1v) is 7.33. The molecule has 108 valence electrons. The summed E-state index contributed by atoms with van der Waals surface area (Å²) in [5, 5.41) is 0. The minimum absolute atomic E-state index is 0.415. The van der Waals surface area contributed by atoms with Crippen LogP contribution >= 0.6 is 0 Å². The predicted molar refractivity (Wildman–Crippen MR) is 84.3 cm³/mol. The zero-order valence-corrected chi connectivity index (χ0v) is 12.6. The summed E-state index contributed by atoms with van der Waals surface area (Å²) in [6, 6.07) is 8.36. The van der Waals surface area contributed by atoms with Crippen molar-refractivity contribution in [3.05, 3.63) is 35.4 Å². The maximum Gasteiger partial charge on any atom is 0.0555 e. The quantitative estimate of drug-likeness (QED) is 0.840. The highest BCUT2D eigenvalue weighted by molar-refractivity contribution is 5.41. The van der Waals surface area contributed by atoms with Crippen molar-refractivity contribution in [2.75, 3.05) is 40.3 Å². The zero-order chi connectivity index (χ0) is 14.4. The Labute approximate surface area is 122 Å². The van der Waals surface area contributed by atoms with E-state index in [2.05, 4.69) is 53.9 Å². The van der Waals surface area contributed by atoms with Crippen molar-refractivity contribution in [3.63, 3.8) is 0 Å². The fourth-order valence-electron chi connectivity index (χ4n) is 2.90. The van der Waals surface area contributed by atoms with Crippen molar-refractivity contribution < 1.29 is 0 Å². The summed E-state index contributed by atoms with van der Waals surface area (Å²) in [5.74, 6) is 6.92. The zero-order valence-electron chi connectivity index (χ0n) is 12.6. The standard InChI is InChI=1S/C17H25N3/c1-19-11-9-15(12-19)13-20(2)14-17-7-4-3-6-16(17)8-5-10-18/h3-4,6-7,15H,9-14,18H2,1-2H3. The van der Waals surface area contributed by atoms with Crippen LogP contribution in [0.25, 0.3) is 0 Å². The van der Waals surface area contributed by atoms with Gasteiger partial charge in [0.25, 0.3) is 0 Å². The van der Waals surface area contributed by atoms with Crippen LogP contribution in [0.15, 0.2) is 24.3 Å². The Morgan fingerprint density at radius 2 is 2.20 bits per heavy atom. The number of hydrogen-bond acceptors (Lipinski definition) is 3. The van der Waals surface area contributed by atoms with Crippen LogP contribution in [-0.2, 0) is 6.54 Å². The average Bonchev–Trinajstić information content (AvgIpc) is 2.83. The molecule has 2 N–H and O–H groups in total. The number of hydrogen-bond donors (Lipinski definition) is 1. The maximum absolute atomic E-state index is 5.46. The summed E-state index contributed by atoms with van der Waals surface area (Å²) in [6.07, 6.45) is 1.31. The number of rotatable bonds is 4. The molecular formula is C17H25N3. The van der Waals surface area contributed by atoms with Gasteiger partial charge in [-0.1, -0.05) is 30.0 Å². The second-order valence-electron chi connectivity index (χ2n) is 5.78. The van der Waals surface area contributed by atoms with E-state index in [-0.39, 0.29) is 0 Å². The summed E-state index contributed by atoms with van der Waals surface area (Å²) in [5.41, 5.74) is 7.86. The SMILES string of the molecule is CN1CCC(CN(C)Cc2ccccc2C#CCN)C1. The summed E-state index contributed by atoms with van der Waals surface area (Å²) in [4.78, 5) is 4.83. The highest BCUT2D eigenvalue weighted by Gasteiger charge is 2.20. The molecule has 1 fully saturated rings. The fraction of sp³-hybridized carbons (Fsp3) is 0.529. The molecule has 3 heteroatoms. The molecule has 0 amide bonds. The third kappa shape index (κ3) is 4.35. The number of nitrogens with zero attached hydrogens (tertiary/aromatic N) is 2. The normalized spacial score (nSPS) is 19.1. The van der Waals surface area contributed by atoms with Gasteiger partial charge < -0.3 is 15.5 Å². The Balaban J connectivity index is 1.95. The van der Waals surface area contributed by atoms with E-state index in [9.17, 15) is 0 Å². The van der Waals surface area contributed by atoms with Gasteiger partial charge in [-0.2, -0.15) is 0 Å². The van der Waals surface area contributed by atoms with Gasteiger partial charge in [-0.3, -0.25) is 0 Å². The van der Waals surface area contributed by atoms with Gasteiger partial charge in [0, 0.05) is 25.2 Å². The molecule has 1 aliphatic heterocycles. The molecule has 0 saturated carbocycles. The fourth-order valence-corrected chi connectivity index (χ4v) is 2.90. The number of benzene rings is 1. The highest BCUT2D eigenvalue weighted by Crippen LogP contribution is 2.17. The Kier molecular flexibility index (Phi) is 5.60. The van der Waals surface area contributed by atoms with Gasteiger partial charge in [-0.25, -0.2) is 0 Å². The van der Waals surface area contributed by atoms with Crippen molar-refractivity contribution in [3.8, 4) is 11.8 Å². The Morgan fingerprint density at radius 3 is 2.90 bits per heavy atom. The number of likely N-dealkylation sites (tertiary alicyclic amines) is 1. The third-order valence-electron chi connectivity index (χ3n) is 3.84. The lowest BCUT2D eigenvalue weighted by molar-refractivity contribution is 0.267. The average molecular weight is 271 g/mol. The van der Waals surface area contributed by atoms with Gasteiger partial charge in [0.15, 0.2) is 0 Å². The molecule has 0 aromatic heterocycles. The molecule has 2 rings (SSSR count). The van der Waals surface area contributed by atoms with Crippen LogP contribution in [0.3, 0.4) is 0 Å². The van der Waals surface area contributed by atoms with Crippen molar-refractivity contribution in [1.29, 1.82) is 0 Å². The molecule has 20 heavy (non-hydrogen) atoms. The summed E-state index contributed by atoms with van der Waals surface area (Å²) in [6.45, 7) is 4.98. The minimum atomic E-state index is 0.415. The van der Waals surface area contributed by atoms with E-state index in [1.165, 1.54) is 25.1 Å². The maximum atomic E-state index is 5.46. The van der Waals surface area contributed by atoms with Crippen LogP contribution in [0.5, 0.6) is 0 Å². The molecule has 1 heterocycles. The topological polar surface area (TPSA) is 32.5 Å². The van der Waals surface area contributed by atoms with Gasteiger partial charge in [0.05, 0.1) is 6.54 Å². The lowest BCUT2D eigenvalue weighted by Gasteiger charge is -2.21. The molecule has 0 radical (unpaired) electrons. The van der Waals surface area contributed by atoms with Gasteiger partial charge in [-0.05, 0) is 44.6 Å². The lowest BCUT2D eigenvalue weighted by atomic mass is 10.1. The summed E-state index contributed by atoms with van der Waals surface area (Å²) in [7, 11) is 4.41. The van der Waals surface area contributed by atoms with Gasteiger partial charge in [0.2, 0.25) is 0 Å². The lowest BCUT2D eigenvalue weighted by Crippen LogP contribution is -2.27. The monoisotopic (exact) mass is 271 g/mol. The van der Waals surface area contributed by atoms with Crippen molar-refractivity contribution >= 4 is 0 Å². The molecule has 1 unspecified atom stereocenters. The van der Waals surface area contributed by atoms with Crippen molar-refractivity contribution in [2.45, 2.75) is 13.0 Å². The molecule has 1 aliphatic rings. The molecule has 1 saturated heterocycles. The summed E-state index contributed by atoms with van der Waals surface area (Å²) >= 11 is 0. The molecule has 0 aliphatic carbocycles. The Bertz CT molecular complexity index is 486. The molecular weight excluding hydrogens is 246 g/mol. The van der Waals surface area contributed by atoms with Crippen LogP contribution in [0.2, 0.25) is 0 Å². The predicted octanol–water partition coefficient (Wildman–Crippen LogP) is 1.38. The first kappa shape index (κ1) is 15.1. The van der Waals surface area contributed by atoms with Crippen LogP contribution in [0.1, 0.15) is 17.5 Å². The van der Waals surface area contributed by atoms with Crippen LogP contribution in [-0.4, -0.2) is 50.1 Å². The summed E-state index contributed by atoms with van der Waals surface area (Å²) < 4.78 is 0. The van der Waals surface area contributed by atoms with E-state index in [0.717, 1.165) is 24.6 Å². The van der Waals surface area contributed by atoms with Gasteiger partial charge >= 0.3 is 0 Å². The van der Waals surface area contributed by atoms with E-state index < -0.39 is 0 Å². The van der Waals surface area contributed by atoms with E-state index in [1.807, 2.05) is 6.07 Å². The number of nitrogens with two attached hydrogens (primary N) is 1. The van der Waals surface area contributed by atoms with Crippen LogP contribution in [0.4, 0.5) is 0 Å². The van der Waals surface area contributed by atoms with Crippen molar-refractivity contribution in [1.82, 2.24) is 9.80 Å². The van der Waals surface area contributed by atoms with Crippen LogP contribution < -0.4 is 5.73 Å². The van der Waals surface area contributed by atoms with E-state index in [4.69, 9.17) is 5.73 Å². The second kappa shape index (κ2) is 7.44. The molecule has 0 bridgehead atoms. The van der Waals surface area contributed by atoms with E-state index in [0.29, 0.717) is 6.54 Å². The van der Waals surface area contributed by atoms with Gasteiger partial charge in [-0.15, -0.1) is 0 Å². The highest BCUT2D eigenvalue weighted by atomic mass is 15.1. The smallest absolute Gasteiger partial charge is 0.0555 e.